The number of likely N-dealkylation sites (N-methyl/N-ethyl adjacent to an activating group) is 1. The summed E-state index contributed by atoms with van der Waals surface area (Å²) in [6, 6.07) is 15.7. The maximum absolute atomic E-state index is 12.5. The van der Waals surface area contributed by atoms with Gasteiger partial charge in [-0.05, 0) is 55.3 Å². The molecule has 0 bridgehead atoms. The fourth-order valence-electron chi connectivity index (χ4n) is 2.59. The van der Waals surface area contributed by atoms with Crippen molar-refractivity contribution in [1.82, 2.24) is 4.90 Å². The van der Waals surface area contributed by atoms with Crippen LogP contribution in [-0.4, -0.2) is 53.2 Å². The van der Waals surface area contributed by atoms with Gasteiger partial charge in [-0.25, -0.2) is 9.59 Å². The molecule has 0 fully saturated rings. The van der Waals surface area contributed by atoms with E-state index in [0.29, 0.717) is 12.5 Å². The van der Waals surface area contributed by atoms with Crippen LogP contribution in [0.15, 0.2) is 48.5 Å². The molecule has 2 rings (SSSR count). The van der Waals surface area contributed by atoms with Gasteiger partial charge in [0.05, 0.1) is 13.2 Å². The zero-order valence-corrected chi connectivity index (χ0v) is 18.5. The minimum absolute atomic E-state index is 0.0114. The van der Waals surface area contributed by atoms with Crippen LogP contribution in [0.4, 0.5) is 5.69 Å². The molecule has 0 aliphatic heterocycles. The summed E-state index contributed by atoms with van der Waals surface area (Å²) in [4.78, 5) is 32.7. The summed E-state index contributed by atoms with van der Waals surface area (Å²) in [6.07, 6.45) is 0. The highest BCUT2D eigenvalue weighted by atomic mass is 16.5. The van der Waals surface area contributed by atoms with Crippen molar-refractivity contribution in [1.29, 1.82) is 0 Å². The number of rotatable bonds is 7. The van der Waals surface area contributed by atoms with Crippen molar-refractivity contribution in [3.05, 3.63) is 59.7 Å². The number of carbonyl (C=O) groups is 3. The number of aliphatic carboxylic acids is 2. The van der Waals surface area contributed by atoms with Crippen LogP contribution in [0.2, 0.25) is 0 Å². The predicted molar refractivity (Wildman–Crippen MR) is 118 cm³/mol. The molecule has 1 atom stereocenters. The van der Waals surface area contributed by atoms with Gasteiger partial charge in [0.25, 0.3) is 0 Å². The summed E-state index contributed by atoms with van der Waals surface area (Å²) in [5, 5.41) is 17.8. The van der Waals surface area contributed by atoms with Crippen LogP contribution in [0.25, 0.3) is 0 Å². The molecule has 0 heterocycles. The average Bonchev–Trinajstić information content (AvgIpc) is 2.73. The lowest BCUT2D eigenvalue weighted by atomic mass is 10.0. The molecule has 31 heavy (non-hydrogen) atoms. The summed E-state index contributed by atoms with van der Waals surface area (Å²) in [5.41, 5.74) is 3.21. The van der Waals surface area contributed by atoms with Gasteiger partial charge in [-0.3, -0.25) is 9.69 Å². The Balaban J connectivity index is 0.000000703. The topological polar surface area (TPSA) is 116 Å². The van der Waals surface area contributed by atoms with Crippen molar-refractivity contribution in [2.45, 2.75) is 39.3 Å². The Morgan fingerprint density at radius 3 is 2.06 bits per heavy atom. The lowest BCUT2D eigenvalue weighted by molar-refractivity contribution is -0.159. The Morgan fingerprint density at radius 1 is 1.00 bits per heavy atom. The summed E-state index contributed by atoms with van der Waals surface area (Å²) in [5.74, 6) is -2.35. The van der Waals surface area contributed by atoms with Crippen LogP contribution in [-0.2, 0) is 20.9 Å². The molecule has 8 heteroatoms. The third kappa shape index (κ3) is 8.88. The number of carboxylic acids is 2. The molecule has 8 nitrogen and oxygen atoms in total. The average molecular weight is 431 g/mol. The number of hydrogen-bond donors (Lipinski definition) is 3. The number of anilines is 1. The van der Waals surface area contributed by atoms with Crippen molar-refractivity contribution in [3.63, 3.8) is 0 Å². The molecule has 2 aromatic rings. The summed E-state index contributed by atoms with van der Waals surface area (Å²) in [6.45, 7) is 6.91. The van der Waals surface area contributed by atoms with Crippen LogP contribution in [0.3, 0.4) is 0 Å². The normalized spacial score (nSPS) is 11.3. The molecule has 0 saturated carbocycles. The van der Waals surface area contributed by atoms with Gasteiger partial charge in [-0.15, -0.1) is 0 Å². The predicted octanol–water partition coefficient (Wildman–Crippen LogP) is 3.43. The zero-order valence-electron chi connectivity index (χ0n) is 18.5. The van der Waals surface area contributed by atoms with Crippen molar-refractivity contribution >= 4 is 23.5 Å². The molecule has 0 aromatic heterocycles. The van der Waals surface area contributed by atoms with Gasteiger partial charge in [0.2, 0.25) is 5.91 Å². The quantitative estimate of drug-likeness (QED) is 0.576. The van der Waals surface area contributed by atoms with Crippen molar-refractivity contribution in [2.75, 3.05) is 19.5 Å². The monoisotopic (exact) mass is 430 g/mol. The molecule has 0 saturated heterocycles. The largest absolute Gasteiger partial charge is 0.497 e. The first-order valence-electron chi connectivity index (χ1n) is 9.75. The lowest BCUT2D eigenvalue weighted by Gasteiger charge is -2.24. The maximum atomic E-state index is 12.5. The van der Waals surface area contributed by atoms with E-state index in [-0.39, 0.29) is 11.9 Å². The number of nitrogens with zero attached hydrogens (tertiary/aromatic N) is 1. The number of hydrogen-bond acceptors (Lipinski definition) is 5. The lowest BCUT2D eigenvalue weighted by Crippen LogP contribution is -2.39. The third-order valence-electron chi connectivity index (χ3n) is 4.63. The van der Waals surface area contributed by atoms with Crippen LogP contribution < -0.4 is 10.1 Å². The van der Waals surface area contributed by atoms with Crippen molar-refractivity contribution in [2.24, 2.45) is 0 Å². The Morgan fingerprint density at radius 2 is 1.58 bits per heavy atom. The number of carbonyl (C=O) groups excluding carboxylic acids is 1. The summed E-state index contributed by atoms with van der Waals surface area (Å²) in [7, 11) is 3.61. The molecule has 0 aliphatic carbocycles. The van der Waals surface area contributed by atoms with E-state index < -0.39 is 11.9 Å². The number of ether oxygens (including phenoxy) is 1. The fourth-order valence-corrected chi connectivity index (χ4v) is 2.59. The molecule has 0 aliphatic rings. The van der Waals surface area contributed by atoms with Crippen LogP contribution in [0.1, 0.15) is 37.8 Å². The standard InChI is InChI=1S/C21H28N2O2.C2H2O4/c1-15(2)18-9-11-19(12-10-18)22-21(24)16(3)23(4)14-17-7-6-8-20(13-17)25-5;3-1(4)2(5)6/h6-13,15-16H,14H2,1-5H3,(H,22,24);(H,3,4)(H,5,6). The smallest absolute Gasteiger partial charge is 0.414 e. The maximum Gasteiger partial charge on any atom is 0.414 e. The van der Waals surface area contributed by atoms with E-state index in [1.807, 2.05) is 55.3 Å². The molecule has 1 amide bonds. The number of nitrogens with one attached hydrogen (secondary N) is 1. The molecule has 1 unspecified atom stereocenters. The van der Waals surface area contributed by atoms with E-state index >= 15 is 0 Å². The fraction of sp³-hybridized carbons (Fsp3) is 0.348. The van der Waals surface area contributed by atoms with Gasteiger partial charge in [0.15, 0.2) is 0 Å². The Bertz CT molecular complexity index is 868. The van der Waals surface area contributed by atoms with Crippen LogP contribution in [0, 0.1) is 0 Å². The summed E-state index contributed by atoms with van der Waals surface area (Å²) >= 11 is 0. The van der Waals surface area contributed by atoms with Crippen LogP contribution in [0.5, 0.6) is 5.75 Å². The van der Waals surface area contributed by atoms with E-state index in [1.165, 1.54) is 5.56 Å². The molecule has 0 radical (unpaired) electrons. The summed E-state index contributed by atoms with van der Waals surface area (Å²) < 4.78 is 5.25. The van der Waals surface area contributed by atoms with Gasteiger partial charge in [0.1, 0.15) is 5.75 Å². The second-order valence-corrected chi connectivity index (χ2v) is 7.32. The van der Waals surface area contributed by atoms with Gasteiger partial charge in [0, 0.05) is 12.2 Å². The van der Waals surface area contributed by atoms with Gasteiger partial charge < -0.3 is 20.3 Å². The van der Waals surface area contributed by atoms with E-state index in [1.54, 1.807) is 7.11 Å². The number of amides is 1. The first-order valence-corrected chi connectivity index (χ1v) is 9.75. The van der Waals surface area contributed by atoms with E-state index in [4.69, 9.17) is 24.5 Å². The van der Waals surface area contributed by atoms with Crippen molar-refractivity contribution < 1.29 is 29.3 Å². The molecule has 0 spiro atoms. The molecular weight excluding hydrogens is 400 g/mol. The minimum Gasteiger partial charge on any atom is -0.497 e. The highest BCUT2D eigenvalue weighted by molar-refractivity contribution is 6.27. The minimum atomic E-state index is -1.82. The number of methoxy groups -OCH3 is 1. The number of benzene rings is 2. The number of carboxylic acid groups (broad SMARTS) is 2. The van der Waals surface area contributed by atoms with E-state index in [0.717, 1.165) is 17.0 Å². The van der Waals surface area contributed by atoms with Crippen molar-refractivity contribution in [3.8, 4) is 5.75 Å². The Hall–Kier alpha value is -3.39. The molecule has 3 N–H and O–H groups in total. The highest BCUT2D eigenvalue weighted by Gasteiger charge is 2.18. The highest BCUT2D eigenvalue weighted by Crippen LogP contribution is 2.18. The second kappa shape index (κ2) is 12.3. The first-order chi connectivity index (χ1) is 14.5. The second-order valence-electron chi connectivity index (χ2n) is 7.32. The molecule has 2 aromatic carbocycles. The Kier molecular flexibility index (Phi) is 10.2. The van der Waals surface area contributed by atoms with E-state index in [9.17, 15) is 4.79 Å². The molecular formula is C23H30N2O6. The van der Waals surface area contributed by atoms with Gasteiger partial charge in [-0.1, -0.05) is 38.1 Å². The third-order valence-corrected chi connectivity index (χ3v) is 4.63. The Labute approximate surface area is 182 Å². The van der Waals surface area contributed by atoms with Gasteiger partial charge >= 0.3 is 11.9 Å². The molecule has 168 valence electrons. The zero-order chi connectivity index (χ0) is 23.6. The SMILES string of the molecule is COc1cccc(CN(C)C(C)C(=O)Nc2ccc(C(C)C)cc2)c1.O=C(O)C(=O)O. The van der Waals surface area contributed by atoms with E-state index in [2.05, 4.69) is 31.3 Å². The van der Waals surface area contributed by atoms with Crippen LogP contribution >= 0.6 is 0 Å². The first kappa shape index (κ1) is 25.6. The van der Waals surface area contributed by atoms with Gasteiger partial charge in [-0.2, -0.15) is 0 Å².